The van der Waals surface area contributed by atoms with Crippen molar-refractivity contribution in [2.24, 2.45) is 5.73 Å². The van der Waals surface area contributed by atoms with Gasteiger partial charge in [-0.1, -0.05) is 0 Å². The lowest BCUT2D eigenvalue weighted by Gasteiger charge is -2.38. The summed E-state index contributed by atoms with van der Waals surface area (Å²) in [7, 11) is 1.75. The van der Waals surface area contributed by atoms with E-state index in [9.17, 15) is 8.78 Å². The molecule has 0 heterocycles. The highest BCUT2D eigenvalue weighted by molar-refractivity contribution is 5.48. The lowest BCUT2D eigenvalue weighted by Crippen LogP contribution is -2.47. The average Bonchev–Trinajstić information content (AvgIpc) is 2.42. The van der Waals surface area contributed by atoms with E-state index in [0.717, 1.165) is 12.1 Å². The van der Waals surface area contributed by atoms with Crippen molar-refractivity contribution in [3.05, 3.63) is 29.8 Å². The Hall–Kier alpha value is -1.67. The minimum atomic E-state index is -0.766. The quantitative estimate of drug-likeness (QED) is 0.894. The van der Waals surface area contributed by atoms with Gasteiger partial charge >= 0.3 is 0 Å². The molecule has 19 heavy (non-hydrogen) atoms. The van der Waals surface area contributed by atoms with E-state index in [1.807, 2.05) is 0 Å². The van der Waals surface area contributed by atoms with Gasteiger partial charge in [-0.3, -0.25) is 0 Å². The maximum Gasteiger partial charge on any atom is 0.146 e. The summed E-state index contributed by atoms with van der Waals surface area (Å²) >= 11 is 0. The molecular formula is C14H17F2N3. The van der Waals surface area contributed by atoms with Crippen molar-refractivity contribution < 1.29 is 8.78 Å². The molecule has 1 aromatic carbocycles. The molecule has 1 aliphatic rings. The Morgan fingerprint density at radius 2 is 2.00 bits per heavy atom. The highest BCUT2D eigenvalue weighted by Gasteiger charge is 2.33. The Morgan fingerprint density at radius 1 is 1.37 bits per heavy atom. The summed E-state index contributed by atoms with van der Waals surface area (Å²) in [6, 6.07) is 5.64. The smallest absolute Gasteiger partial charge is 0.146 e. The maximum atomic E-state index is 13.7. The van der Waals surface area contributed by atoms with Crippen LogP contribution in [0, 0.1) is 23.0 Å². The monoisotopic (exact) mass is 265 g/mol. The number of nitriles is 1. The number of anilines is 1. The van der Waals surface area contributed by atoms with Crippen LogP contribution < -0.4 is 10.6 Å². The van der Waals surface area contributed by atoms with Crippen LogP contribution in [0.3, 0.4) is 0 Å². The SMILES string of the molecule is CN(c1cc(F)ccc1F)C1CCC(N)(C#N)CC1. The maximum absolute atomic E-state index is 13.7. The van der Waals surface area contributed by atoms with Gasteiger partial charge < -0.3 is 10.6 Å². The Balaban J connectivity index is 2.12. The van der Waals surface area contributed by atoms with Crippen molar-refractivity contribution in [3.8, 4) is 6.07 Å². The molecule has 0 radical (unpaired) electrons. The van der Waals surface area contributed by atoms with Crippen molar-refractivity contribution in [2.45, 2.75) is 37.3 Å². The summed E-state index contributed by atoms with van der Waals surface area (Å²) in [5, 5.41) is 8.97. The van der Waals surface area contributed by atoms with Crippen LogP contribution in [0.15, 0.2) is 18.2 Å². The van der Waals surface area contributed by atoms with Gasteiger partial charge in [-0.05, 0) is 37.8 Å². The van der Waals surface area contributed by atoms with Crippen LogP contribution in [-0.4, -0.2) is 18.6 Å². The zero-order chi connectivity index (χ0) is 14.0. The van der Waals surface area contributed by atoms with Crippen LogP contribution >= 0.6 is 0 Å². The molecule has 2 N–H and O–H groups in total. The van der Waals surface area contributed by atoms with E-state index in [-0.39, 0.29) is 11.7 Å². The molecule has 0 saturated heterocycles. The second kappa shape index (κ2) is 5.14. The second-order valence-corrected chi connectivity index (χ2v) is 5.21. The van der Waals surface area contributed by atoms with E-state index in [1.54, 1.807) is 11.9 Å². The third-order valence-electron chi connectivity index (χ3n) is 3.91. The van der Waals surface area contributed by atoms with Gasteiger partial charge in [-0.15, -0.1) is 0 Å². The van der Waals surface area contributed by atoms with E-state index >= 15 is 0 Å². The predicted molar refractivity (Wildman–Crippen MR) is 69.5 cm³/mol. The fraction of sp³-hybridized carbons (Fsp3) is 0.500. The normalized spacial score (nSPS) is 26.8. The second-order valence-electron chi connectivity index (χ2n) is 5.21. The molecule has 1 aromatic rings. The number of nitrogens with two attached hydrogens (primary N) is 1. The summed E-state index contributed by atoms with van der Waals surface area (Å²) in [5.74, 6) is -0.891. The highest BCUT2D eigenvalue weighted by atomic mass is 19.1. The molecule has 0 aliphatic heterocycles. The Bertz CT molecular complexity index is 502. The van der Waals surface area contributed by atoms with Crippen LogP contribution in [0.4, 0.5) is 14.5 Å². The zero-order valence-corrected chi connectivity index (χ0v) is 10.9. The molecule has 2 rings (SSSR count). The molecule has 1 aliphatic carbocycles. The minimum Gasteiger partial charge on any atom is -0.369 e. The largest absolute Gasteiger partial charge is 0.369 e. The fourth-order valence-electron chi connectivity index (χ4n) is 2.57. The molecule has 1 saturated carbocycles. The van der Waals surface area contributed by atoms with E-state index in [4.69, 9.17) is 11.0 Å². The molecule has 0 aromatic heterocycles. The van der Waals surface area contributed by atoms with Gasteiger partial charge in [0.15, 0.2) is 0 Å². The van der Waals surface area contributed by atoms with Gasteiger partial charge in [0.25, 0.3) is 0 Å². The van der Waals surface area contributed by atoms with Crippen molar-refractivity contribution in [1.29, 1.82) is 5.26 Å². The van der Waals surface area contributed by atoms with E-state index in [0.29, 0.717) is 25.7 Å². The Kier molecular flexibility index (Phi) is 3.72. The van der Waals surface area contributed by atoms with Gasteiger partial charge in [0.2, 0.25) is 0 Å². The number of hydrogen-bond donors (Lipinski definition) is 1. The Morgan fingerprint density at radius 3 is 2.58 bits per heavy atom. The van der Waals surface area contributed by atoms with Gasteiger partial charge in [0.1, 0.15) is 17.2 Å². The van der Waals surface area contributed by atoms with Gasteiger partial charge in [-0.2, -0.15) is 5.26 Å². The molecule has 102 valence electrons. The molecule has 0 amide bonds. The number of rotatable bonds is 2. The number of hydrogen-bond acceptors (Lipinski definition) is 3. The molecule has 0 atom stereocenters. The summed E-state index contributed by atoms with van der Waals surface area (Å²) < 4.78 is 26.9. The van der Waals surface area contributed by atoms with E-state index < -0.39 is 17.2 Å². The Labute approximate surface area is 111 Å². The summed E-state index contributed by atoms with van der Waals surface area (Å²) in [5.41, 5.74) is 5.39. The van der Waals surface area contributed by atoms with Crippen LogP contribution in [0.1, 0.15) is 25.7 Å². The standard InChI is InChI=1S/C14H17F2N3/c1-19(13-8-10(15)2-3-12(13)16)11-4-6-14(18,9-17)7-5-11/h2-3,8,11H,4-7,18H2,1H3. The molecule has 0 spiro atoms. The first kappa shape index (κ1) is 13.8. The average molecular weight is 265 g/mol. The lowest BCUT2D eigenvalue weighted by molar-refractivity contribution is 0.326. The minimum absolute atomic E-state index is 0.0846. The molecular weight excluding hydrogens is 248 g/mol. The van der Waals surface area contributed by atoms with Gasteiger partial charge in [0.05, 0.1) is 11.8 Å². The van der Waals surface area contributed by atoms with Gasteiger partial charge in [0, 0.05) is 19.2 Å². The summed E-state index contributed by atoms with van der Waals surface area (Å²) in [6.07, 6.45) is 2.57. The predicted octanol–water partition coefficient (Wildman–Crippen LogP) is 2.56. The topological polar surface area (TPSA) is 53.0 Å². The van der Waals surface area contributed by atoms with Crippen molar-refractivity contribution in [2.75, 3.05) is 11.9 Å². The molecule has 3 nitrogen and oxygen atoms in total. The highest BCUT2D eigenvalue weighted by Crippen LogP contribution is 2.31. The summed E-state index contributed by atoms with van der Waals surface area (Å²) in [6.45, 7) is 0. The van der Waals surface area contributed by atoms with E-state index in [2.05, 4.69) is 6.07 Å². The number of benzene rings is 1. The molecule has 0 bridgehead atoms. The lowest BCUT2D eigenvalue weighted by atomic mass is 9.80. The molecule has 0 unspecified atom stereocenters. The first-order valence-corrected chi connectivity index (χ1v) is 6.33. The van der Waals surface area contributed by atoms with Crippen LogP contribution in [0.25, 0.3) is 0 Å². The van der Waals surface area contributed by atoms with Crippen LogP contribution in [0.2, 0.25) is 0 Å². The third-order valence-corrected chi connectivity index (χ3v) is 3.91. The third kappa shape index (κ3) is 2.85. The molecule has 5 heteroatoms. The van der Waals surface area contributed by atoms with Crippen LogP contribution in [-0.2, 0) is 0 Å². The molecule has 1 fully saturated rings. The number of nitrogens with zero attached hydrogens (tertiary/aromatic N) is 2. The van der Waals surface area contributed by atoms with Crippen molar-refractivity contribution >= 4 is 5.69 Å². The van der Waals surface area contributed by atoms with Crippen LogP contribution in [0.5, 0.6) is 0 Å². The first-order valence-electron chi connectivity index (χ1n) is 6.33. The van der Waals surface area contributed by atoms with Crippen molar-refractivity contribution in [3.63, 3.8) is 0 Å². The number of halogens is 2. The summed E-state index contributed by atoms with van der Waals surface area (Å²) in [4.78, 5) is 1.75. The van der Waals surface area contributed by atoms with Gasteiger partial charge in [-0.25, -0.2) is 8.78 Å². The zero-order valence-electron chi connectivity index (χ0n) is 10.9. The first-order chi connectivity index (χ1) is 8.95. The van der Waals surface area contributed by atoms with Crippen molar-refractivity contribution in [1.82, 2.24) is 0 Å². The fourth-order valence-corrected chi connectivity index (χ4v) is 2.57. The van der Waals surface area contributed by atoms with E-state index in [1.165, 1.54) is 6.07 Å².